The van der Waals surface area contributed by atoms with Crippen molar-refractivity contribution in [2.24, 2.45) is 0 Å². The summed E-state index contributed by atoms with van der Waals surface area (Å²) in [6.45, 7) is 3.28. The maximum Gasteiger partial charge on any atom is 0.246 e. The van der Waals surface area contributed by atoms with Crippen LogP contribution in [0.15, 0.2) is 35.2 Å². The third-order valence-corrected chi connectivity index (χ3v) is 9.08. The SMILES string of the molecule is C[C@@]12CCC(=O)N1[C@H](C(=O)N1CCN(S(=O)(=O)c3ccccc3)CC1)CS2. The summed E-state index contributed by atoms with van der Waals surface area (Å²) >= 11 is 1.67. The van der Waals surface area contributed by atoms with Crippen LogP contribution in [-0.2, 0) is 19.6 Å². The molecule has 0 radical (unpaired) electrons. The molecule has 4 rings (SSSR count). The zero-order valence-corrected chi connectivity index (χ0v) is 16.8. The van der Waals surface area contributed by atoms with Crippen LogP contribution in [0.25, 0.3) is 0 Å². The summed E-state index contributed by atoms with van der Waals surface area (Å²) in [5, 5.41) is 0. The maximum absolute atomic E-state index is 13.0. The minimum absolute atomic E-state index is 0.0474. The number of fused-ring (bicyclic) bond motifs is 1. The molecule has 1 aromatic rings. The second-order valence-corrected chi connectivity index (χ2v) is 10.7. The molecular formula is C18H23N3O4S2. The van der Waals surface area contributed by atoms with Gasteiger partial charge in [-0.1, -0.05) is 18.2 Å². The lowest BCUT2D eigenvalue weighted by atomic mass is 10.2. The van der Waals surface area contributed by atoms with Gasteiger partial charge in [-0.3, -0.25) is 9.59 Å². The lowest BCUT2D eigenvalue weighted by Crippen LogP contribution is -2.56. The first-order valence-electron chi connectivity index (χ1n) is 9.13. The van der Waals surface area contributed by atoms with Crippen LogP contribution >= 0.6 is 11.8 Å². The minimum atomic E-state index is -3.54. The van der Waals surface area contributed by atoms with Gasteiger partial charge in [0.2, 0.25) is 21.8 Å². The highest BCUT2D eigenvalue weighted by Gasteiger charge is 2.53. The Bertz CT molecular complexity index is 853. The molecule has 9 heteroatoms. The average molecular weight is 410 g/mol. The largest absolute Gasteiger partial charge is 0.338 e. The first kappa shape index (κ1) is 18.8. The Morgan fingerprint density at radius 2 is 1.81 bits per heavy atom. The lowest BCUT2D eigenvalue weighted by molar-refractivity contribution is -0.144. The smallest absolute Gasteiger partial charge is 0.246 e. The molecule has 3 fully saturated rings. The topological polar surface area (TPSA) is 78.0 Å². The summed E-state index contributed by atoms with van der Waals surface area (Å²) in [5.41, 5.74) is 0. The fourth-order valence-corrected chi connectivity index (χ4v) is 6.97. The van der Waals surface area contributed by atoms with Crippen molar-refractivity contribution >= 4 is 33.6 Å². The Labute approximate surface area is 163 Å². The van der Waals surface area contributed by atoms with Gasteiger partial charge in [-0.2, -0.15) is 4.31 Å². The van der Waals surface area contributed by atoms with Gasteiger partial charge in [0.05, 0.1) is 9.77 Å². The standard InChI is InChI=1S/C18H23N3O4S2/c1-18-8-7-16(22)21(18)15(13-26-18)17(23)19-9-11-20(12-10-19)27(24,25)14-5-3-2-4-6-14/h2-6,15H,7-13H2,1H3/t15-,18+/m0/s1. The van der Waals surface area contributed by atoms with E-state index < -0.39 is 16.1 Å². The van der Waals surface area contributed by atoms with Gasteiger partial charge in [-0.05, 0) is 25.5 Å². The van der Waals surface area contributed by atoms with E-state index in [0.717, 1.165) is 6.42 Å². The van der Waals surface area contributed by atoms with Crippen LogP contribution in [0, 0.1) is 0 Å². The average Bonchev–Trinajstić information content (AvgIpc) is 3.18. The number of piperazine rings is 1. The van der Waals surface area contributed by atoms with E-state index in [4.69, 9.17) is 0 Å². The molecule has 7 nitrogen and oxygen atoms in total. The Kier molecular flexibility index (Phi) is 4.72. The molecule has 1 aromatic carbocycles. The number of sulfonamides is 1. The summed E-state index contributed by atoms with van der Waals surface area (Å²) in [7, 11) is -3.54. The van der Waals surface area contributed by atoms with Crippen LogP contribution in [0.4, 0.5) is 0 Å². The molecule has 2 amide bonds. The van der Waals surface area contributed by atoms with E-state index in [-0.39, 0.29) is 34.7 Å². The summed E-state index contributed by atoms with van der Waals surface area (Å²) in [4.78, 5) is 28.7. The van der Waals surface area contributed by atoms with E-state index in [0.29, 0.717) is 25.3 Å². The highest BCUT2D eigenvalue weighted by molar-refractivity contribution is 8.01. The molecule has 0 saturated carbocycles. The second-order valence-electron chi connectivity index (χ2n) is 7.31. The van der Waals surface area contributed by atoms with Gasteiger partial charge in [0.1, 0.15) is 6.04 Å². The van der Waals surface area contributed by atoms with Gasteiger partial charge in [-0.15, -0.1) is 11.8 Å². The van der Waals surface area contributed by atoms with Crippen molar-refractivity contribution in [2.45, 2.75) is 35.6 Å². The molecule has 3 aliphatic rings. The zero-order valence-electron chi connectivity index (χ0n) is 15.2. The van der Waals surface area contributed by atoms with Crippen molar-refractivity contribution in [2.75, 3.05) is 31.9 Å². The van der Waals surface area contributed by atoms with Gasteiger partial charge in [0, 0.05) is 38.4 Å². The minimum Gasteiger partial charge on any atom is -0.338 e. The van der Waals surface area contributed by atoms with E-state index in [9.17, 15) is 18.0 Å². The molecule has 27 heavy (non-hydrogen) atoms. The second kappa shape index (κ2) is 6.79. The summed E-state index contributed by atoms with van der Waals surface area (Å²) in [6.07, 6.45) is 1.28. The predicted octanol–water partition coefficient (Wildman–Crippen LogP) is 0.974. The quantitative estimate of drug-likeness (QED) is 0.744. The maximum atomic E-state index is 13.0. The predicted molar refractivity (Wildman–Crippen MR) is 103 cm³/mol. The molecule has 0 spiro atoms. The molecule has 0 unspecified atom stereocenters. The Balaban J connectivity index is 1.43. The number of carbonyl (C=O) groups is 2. The number of benzene rings is 1. The monoisotopic (exact) mass is 409 g/mol. The van der Waals surface area contributed by atoms with E-state index in [1.165, 1.54) is 4.31 Å². The Morgan fingerprint density at radius 1 is 1.15 bits per heavy atom. The van der Waals surface area contributed by atoms with Gasteiger partial charge in [-0.25, -0.2) is 8.42 Å². The third-order valence-electron chi connectivity index (χ3n) is 5.66. The van der Waals surface area contributed by atoms with E-state index in [2.05, 4.69) is 0 Å². The molecule has 3 aliphatic heterocycles. The van der Waals surface area contributed by atoms with Crippen LogP contribution in [0.2, 0.25) is 0 Å². The van der Waals surface area contributed by atoms with Crippen molar-refractivity contribution in [1.82, 2.24) is 14.1 Å². The summed E-state index contributed by atoms with van der Waals surface area (Å²) in [5.74, 6) is 0.605. The number of thioether (sulfide) groups is 1. The fourth-order valence-electron chi connectivity index (χ4n) is 4.10. The molecule has 0 bridgehead atoms. The van der Waals surface area contributed by atoms with Crippen LogP contribution < -0.4 is 0 Å². The summed E-state index contributed by atoms with van der Waals surface area (Å²) < 4.78 is 26.9. The van der Waals surface area contributed by atoms with Gasteiger partial charge >= 0.3 is 0 Å². The van der Waals surface area contributed by atoms with Crippen molar-refractivity contribution < 1.29 is 18.0 Å². The highest BCUT2D eigenvalue weighted by Crippen LogP contribution is 2.47. The van der Waals surface area contributed by atoms with E-state index >= 15 is 0 Å². The Hall–Kier alpha value is -1.58. The molecule has 3 heterocycles. The normalized spacial score (nSPS) is 29.2. The van der Waals surface area contributed by atoms with Gasteiger partial charge < -0.3 is 9.80 Å². The third kappa shape index (κ3) is 3.15. The lowest BCUT2D eigenvalue weighted by Gasteiger charge is -2.37. The van der Waals surface area contributed by atoms with Crippen molar-refractivity contribution in [3.05, 3.63) is 30.3 Å². The van der Waals surface area contributed by atoms with Crippen LogP contribution in [0.1, 0.15) is 19.8 Å². The van der Waals surface area contributed by atoms with Crippen LogP contribution in [0.3, 0.4) is 0 Å². The van der Waals surface area contributed by atoms with Gasteiger partial charge in [0.15, 0.2) is 0 Å². The van der Waals surface area contributed by atoms with Gasteiger partial charge in [0.25, 0.3) is 0 Å². The summed E-state index contributed by atoms with van der Waals surface area (Å²) in [6, 6.07) is 7.93. The molecule has 0 N–H and O–H groups in total. The first-order chi connectivity index (χ1) is 12.8. The van der Waals surface area contributed by atoms with Crippen LogP contribution in [0.5, 0.6) is 0 Å². The van der Waals surface area contributed by atoms with E-state index in [1.54, 1.807) is 51.9 Å². The van der Waals surface area contributed by atoms with Crippen molar-refractivity contribution in [1.29, 1.82) is 0 Å². The molecule has 0 aromatic heterocycles. The number of amides is 2. The zero-order chi connectivity index (χ0) is 19.2. The first-order valence-corrected chi connectivity index (χ1v) is 11.6. The fraction of sp³-hybridized carbons (Fsp3) is 0.556. The van der Waals surface area contributed by atoms with Crippen LogP contribution in [-0.4, -0.2) is 77.2 Å². The number of nitrogens with zero attached hydrogens (tertiary/aromatic N) is 3. The Morgan fingerprint density at radius 3 is 2.48 bits per heavy atom. The number of hydrogen-bond donors (Lipinski definition) is 0. The van der Waals surface area contributed by atoms with E-state index in [1.807, 2.05) is 6.92 Å². The highest BCUT2D eigenvalue weighted by atomic mass is 32.2. The molecular weight excluding hydrogens is 386 g/mol. The van der Waals surface area contributed by atoms with Crippen molar-refractivity contribution in [3.63, 3.8) is 0 Å². The number of rotatable bonds is 3. The molecule has 146 valence electrons. The van der Waals surface area contributed by atoms with Crippen molar-refractivity contribution in [3.8, 4) is 0 Å². The molecule has 0 aliphatic carbocycles. The molecule has 3 saturated heterocycles. The number of carbonyl (C=O) groups excluding carboxylic acids is 2. The number of hydrogen-bond acceptors (Lipinski definition) is 5. The molecule has 2 atom stereocenters.